The minimum atomic E-state index is -3.58. The minimum Gasteiger partial charge on any atom is -0.376 e. The van der Waals surface area contributed by atoms with Gasteiger partial charge in [0.25, 0.3) is 5.91 Å². The van der Waals surface area contributed by atoms with Gasteiger partial charge in [-0.3, -0.25) is 4.79 Å². The molecule has 0 saturated carbocycles. The number of ether oxygens (including phenoxy) is 1. The van der Waals surface area contributed by atoms with Crippen molar-refractivity contribution in [2.24, 2.45) is 0 Å². The van der Waals surface area contributed by atoms with Crippen LogP contribution >= 0.6 is 0 Å². The van der Waals surface area contributed by atoms with Crippen molar-refractivity contribution in [3.63, 3.8) is 0 Å². The van der Waals surface area contributed by atoms with E-state index in [1.807, 2.05) is 0 Å². The molecule has 134 valence electrons. The molecule has 0 aliphatic carbocycles. The first kappa shape index (κ1) is 18.9. The number of amides is 1. The fourth-order valence-corrected chi connectivity index (χ4v) is 4.31. The second kappa shape index (κ2) is 8.09. The van der Waals surface area contributed by atoms with E-state index in [4.69, 9.17) is 4.74 Å². The zero-order chi connectivity index (χ0) is 17.7. The second-order valence-electron chi connectivity index (χ2n) is 5.91. The van der Waals surface area contributed by atoms with E-state index in [1.165, 1.54) is 10.4 Å². The fraction of sp³-hybridized carbons (Fsp3) is 0.588. The third-order valence-electron chi connectivity index (χ3n) is 4.31. The zero-order valence-electron chi connectivity index (χ0n) is 14.5. The van der Waals surface area contributed by atoms with E-state index >= 15 is 0 Å². The van der Waals surface area contributed by atoms with Crippen LogP contribution in [0.25, 0.3) is 0 Å². The summed E-state index contributed by atoms with van der Waals surface area (Å²) in [5.74, 6) is -0.264. The first-order chi connectivity index (χ1) is 11.4. The van der Waals surface area contributed by atoms with Gasteiger partial charge in [-0.15, -0.1) is 0 Å². The molecule has 1 fully saturated rings. The summed E-state index contributed by atoms with van der Waals surface area (Å²) < 4.78 is 32.1. The van der Waals surface area contributed by atoms with Gasteiger partial charge >= 0.3 is 0 Å². The maximum absolute atomic E-state index is 12.6. The average Bonchev–Trinajstić information content (AvgIpc) is 3.07. The van der Waals surface area contributed by atoms with E-state index in [-0.39, 0.29) is 16.9 Å². The Bertz CT molecular complexity index is 678. The molecule has 1 saturated heterocycles. The summed E-state index contributed by atoms with van der Waals surface area (Å²) in [5.41, 5.74) is 1.14. The molecule has 1 atom stereocenters. The van der Waals surface area contributed by atoms with Gasteiger partial charge < -0.3 is 10.1 Å². The molecular weight excluding hydrogens is 328 g/mol. The molecule has 24 heavy (non-hydrogen) atoms. The number of carbonyl (C=O) groups is 1. The molecule has 1 aromatic carbocycles. The molecule has 7 heteroatoms. The molecule has 1 N–H and O–H groups in total. The number of rotatable bonds is 7. The van der Waals surface area contributed by atoms with Gasteiger partial charge in [-0.1, -0.05) is 19.9 Å². The van der Waals surface area contributed by atoms with Gasteiger partial charge in [0, 0.05) is 31.8 Å². The molecule has 1 aliphatic rings. The molecule has 1 amide bonds. The van der Waals surface area contributed by atoms with Crippen LogP contribution in [0.15, 0.2) is 23.1 Å². The van der Waals surface area contributed by atoms with Gasteiger partial charge in [0.1, 0.15) is 0 Å². The van der Waals surface area contributed by atoms with Gasteiger partial charge in [-0.25, -0.2) is 8.42 Å². The highest BCUT2D eigenvalue weighted by atomic mass is 32.2. The lowest BCUT2D eigenvalue weighted by Crippen LogP contribution is -2.33. The first-order valence-corrected chi connectivity index (χ1v) is 9.84. The quantitative estimate of drug-likeness (QED) is 0.812. The Kier molecular flexibility index (Phi) is 6.37. The summed E-state index contributed by atoms with van der Waals surface area (Å²) >= 11 is 0. The summed E-state index contributed by atoms with van der Waals surface area (Å²) in [5, 5.41) is 2.85. The smallest absolute Gasteiger partial charge is 0.251 e. The number of sulfonamides is 1. The van der Waals surface area contributed by atoms with Gasteiger partial charge in [0.2, 0.25) is 10.0 Å². The third-order valence-corrected chi connectivity index (χ3v) is 6.36. The molecule has 0 aromatic heterocycles. The van der Waals surface area contributed by atoms with Crippen molar-refractivity contribution in [2.75, 3.05) is 26.2 Å². The Morgan fingerprint density at radius 2 is 2.04 bits per heavy atom. The van der Waals surface area contributed by atoms with Gasteiger partial charge in [-0.2, -0.15) is 4.31 Å². The topological polar surface area (TPSA) is 75.7 Å². The number of hydrogen-bond donors (Lipinski definition) is 1. The van der Waals surface area contributed by atoms with Crippen LogP contribution in [0.1, 0.15) is 42.6 Å². The highest BCUT2D eigenvalue weighted by Crippen LogP contribution is 2.20. The van der Waals surface area contributed by atoms with Gasteiger partial charge in [0.15, 0.2) is 0 Å². The standard InChI is InChI=1S/C17H26N2O4S/c1-4-19(5-2)24(21,22)15-9-8-13(3)16(11-15)17(20)18-12-14-7-6-10-23-14/h8-9,11,14H,4-7,10,12H2,1-3H3,(H,18,20)/t14-/m1/s1. The third kappa shape index (κ3) is 4.15. The number of hydrogen-bond acceptors (Lipinski definition) is 4. The Hall–Kier alpha value is -1.44. The molecule has 6 nitrogen and oxygen atoms in total. The van der Waals surface area contributed by atoms with Crippen molar-refractivity contribution in [1.82, 2.24) is 9.62 Å². The molecular formula is C17H26N2O4S. The van der Waals surface area contributed by atoms with Crippen LogP contribution in [-0.4, -0.2) is 51.0 Å². The van der Waals surface area contributed by atoms with Crippen molar-refractivity contribution in [2.45, 2.75) is 44.6 Å². The van der Waals surface area contributed by atoms with Crippen molar-refractivity contribution in [3.8, 4) is 0 Å². The first-order valence-electron chi connectivity index (χ1n) is 8.40. The van der Waals surface area contributed by atoms with E-state index < -0.39 is 10.0 Å². The van der Waals surface area contributed by atoms with E-state index in [0.29, 0.717) is 25.2 Å². The Balaban J connectivity index is 2.19. The van der Waals surface area contributed by atoms with Crippen LogP contribution in [0, 0.1) is 6.92 Å². The minimum absolute atomic E-state index is 0.0526. The predicted octanol–water partition coefficient (Wildman–Crippen LogP) is 1.93. The molecule has 2 rings (SSSR count). The molecule has 1 heterocycles. The number of nitrogens with zero attached hydrogens (tertiary/aromatic N) is 1. The van der Waals surface area contributed by atoms with Gasteiger partial charge in [-0.05, 0) is 37.5 Å². The van der Waals surface area contributed by atoms with Crippen LogP contribution in [-0.2, 0) is 14.8 Å². The number of aryl methyl sites for hydroxylation is 1. The highest BCUT2D eigenvalue weighted by molar-refractivity contribution is 7.89. The number of nitrogens with one attached hydrogen (secondary N) is 1. The summed E-state index contributed by atoms with van der Waals surface area (Å²) in [6.45, 7) is 7.37. The van der Waals surface area contributed by atoms with Crippen molar-refractivity contribution >= 4 is 15.9 Å². The van der Waals surface area contributed by atoms with E-state index in [9.17, 15) is 13.2 Å². The van der Waals surface area contributed by atoms with Crippen LogP contribution in [0.4, 0.5) is 0 Å². The van der Waals surface area contributed by atoms with Crippen LogP contribution in [0.2, 0.25) is 0 Å². The van der Waals surface area contributed by atoms with Crippen LogP contribution in [0.3, 0.4) is 0 Å². The van der Waals surface area contributed by atoms with Crippen LogP contribution < -0.4 is 5.32 Å². The maximum Gasteiger partial charge on any atom is 0.251 e. The molecule has 1 aliphatic heterocycles. The van der Waals surface area contributed by atoms with Gasteiger partial charge in [0.05, 0.1) is 11.0 Å². The number of benzene rings is 1. The molecule has 0 radical (unpaired) electrons. The van der Waals surface area contributed by atoms with E-state index in [1.54, 1.807) is 32.9 Å². The molecule has 0 bridgehead atoms. The lowest BCUT2D eigenvalue weighted by Gasteiger charge is -2.19. The summed E-state index contributed by atoms with van der Waals surface area (Å²) in [6, 6.07) is 4.70. The Morgan fingerprint density at radius 1 is 1.33 bits per heavy atom. The average molecular weight is 354 g/mol. The lowest BCUT2D eigenvalue weighted by atomic mass is 10.1. The summed E-state index contributed by atoms with van der Waals surface area (Å²) in [7, 11) is -3.58. The maximum atomic E-state index is 12.6. The molecule has 1 aromatic rings. The summed E-state index contributed by atoms with van der Waals surface area (Å²) in [6.07, 6.45) is 2.00. The monoisotopic (exact) mass is 354 g/mol. The Morgan fingerprint density at radius 3 is 2.62 bits per heavy atom. The normalized spacial score (nSPS) is 18.1. The van der Waals surface area contributed by atoms with E-state index in [0.717, 1.165) is 25.0 Å². The lowest BCUT2D eigenvalue weighted by molar-refractivity contribution is 0.0857. The fourth-order valence-electron chi connectivity index (χ4n) is 2.83. The van der Waals surface area contributed by atoms with Crippen molar-refractivity contribution in [3.05, 3.63) is 29.3 Å². The van der Waals surface area contributed by atoms with Crippen molar-refractivity contribution < 1.29 is 17.9 Å². The zero-order valence-corrected chi connectivity index (χ0v) is 15.4. The van der Waals surface area contributed by atoms with Crippen LogP contribution in [0.5, 0.6) is 0 Å². The number of carbonyl (C=O) groups excluding carboxylic acids is 1. The van der Waals surface area contributed by atoms with Crippen molar-refractivity contribution in [1.29, 1.82) is 0 Å². The predicted molar refractivity (Wildman–Crippen MR) is 92.6 cm³/mol. The molecule has 0 spiro atoms. The Labute approximate surface area is 144 Å². The van der Waals surface area contributed by atoms with E-state index in [2.05, 4.69) is 5.32 Å². The highest BCUT2D eigenvalue weighted by Gasteiger charge is 2.24. The largest absolute Gasteiger partial charge is 0.376 e. The molecule has 0 unspecified atom stereocenters. The summed E-state index contributed by atoms with van der Waals surface area (Å²) in [4.78, 5) is 12.6. The SMILES string of the molecule is CCN(CC)S(=O)(=O)c1ccc(C)c(C(=O)NC[C@H]2CCCO2)c1. The second-order valence-corrected chi connectivity index (χ2v) is 7.85.